The molecule has 1 heterocycles. The molecule has 5 nitrogen and oxygen atoms in total. The Kier molecular flexibility index (Phi) is 7.21. The van der Waals surface area contributed by atoms with Crippen LogP contribution in [-0.2, 0) is 12.8 Å². The molecule has 0 saturated carbocycles. The molecule has 1 aliphatic heterocycles. The number of thioether (sulfide) groups is 1. The Hall–Kier alpha value is -3.33. The van der Waals surface area contributed by atoms with Gasteiger partial charge in [-0.3, -0.25) is 0 Å². The second kappa shape index (κ2) is 10.3. The zero-order chi connectivity index (χ0) is 24.1. The number of hydrogen-bond acceptors (Lipinski definition) is 4. The van der Waals surface area contributed by atoms with Gasteiger partial charge in [0.25, 0.3) is 0 Å². The van der Waals surface area contributed by atoms with Crippen molar-refractivity contribution in [3.63, 3.8) is 0 Å². The minimum absolute atomic E-state index is 0.258. The van der Waals surface area contributed by atoms with Crippen molar-refractivity contribution in [2.75, 3.05) is 24.7 Å². The van der Waals surface area contributed by atoms with Gasteiger partial charge >= 0.3 is 12.2 Å². The van der Waals surface area contributed by atoms with Crippen molar-refractivity contribution < 1.29 is 27.4 Å². The molecule has 34 heavy (non-hydrogen) atoms. The van der Waals surface area contributed by atoms with Crippen molar-refractivity contribution in [1.82, 2.24) is 4.90 Å². The molecular formula is C25H23F3N2O3S. The zero-order valence-corrected chi connectivity index (χ0v) is 19.2. The number of amides is 2. The lowest BCUT2D eigenvalue weighted by atomic mass is 10.1. The van der Waals surface area contributed by atoms with E-state index in [1.807, 2.05) is 48.5 Å². The molecule has 1 atom stereocenters. The fraction of sp³-hybridized carbons (Fsp3) is 0.240. The van der Waals surface area contributed by atoms with Gasteiger partial charge in [-0.05, 0) is 47.5 Å². The van der Waals surface area contributed by atoms with E-state index in [0.29, 0.717) is 30.3 Å². The lowest BCUT2D eigenvalue weighted by molar-refractivity contribution is -0.137. The number of alkyl halides is 3. The van der Waals surface area contributed by atoms with E-state index in [4.69, 9.17) is 9.47 Å². The first kappa shape index (κ1) is 23.8. The first-order valence-corrected chi connectivity index (χ1v) is 11.6. The summed E-state index contributed by atoms with van der Waals surface area (Å²) in [5.74, 6) is 1.89. The molecule has 1 aliphatic rings. The molecule has 0 spiro atoms. The molecule has 178 valence electrons. The molecule has 2 amide bonds. The van der Waals surface area contributed by atoms with Crippen LogP contribution < -0.4 is 14.8 Å². The highest BCUT2D eigenvalue weighted by atomic mass is 32.2. The molecule has 3 aromatic rings. The summed E-state index contributed by atoms with van der Waals surface area (Å²) in [6, 6.07) is 19.4. The summed E-state index contributed by atoms with van der Waals surface area (Å²) in [4.78, 5) is 14.5. The van der Waals surface area contributed by atoms with Crippen LogP contribution >= 0.6 is 11.8 Å². The Bertz CT molecular complexity index is 1120. The molecule has 4 rings (SSSR count). The van der Waals surface area contributed by atoms with Gasteiger partial charge in [0.05, 0.1) is 12.7 Å². The third kappa shape index (κ3) is 5.59. The molecule has 0 bridgehead atoms. The number of nitrogens with zero attached hydrogens (tertiary/aromatic N) is 1. The van der Waals surface area contributed by atoms with E-state index < -0.39 is 11.7 Å². The fourth-order valence-corrected chi connectivity index (χ4v) is 4.83. The number of ether oxygens (including phenoxy) is 2. The van der Waals surface area contributed by atoms with Crippen molar-refractivity contribution in [2.45, 2.75) is 18.2 Å². The summed E-state index contributed by atoms with van der Waals surface area (Å²) in [6.07, 6.45) is -4.42. The maximum atomic E-state index is 12.9. The van der Waals surface area contributed by atoms with Gasteiger partial charge in [0.15, 0.2) is 11.5 Å². The molecule has 1 N–H and O–H groups in total. The molecule has 1 saturated heterocycles. The van der Waals surface area contributed by atoms with Crippen LogP contribution in [0.15, 0.2) is 72.8 Å². The monoisotopic (exact) mass is 488 g/mol. The van der Waals surface area contributed by atoms with Crippen LogP contribution in [0.25, 0.3) is 0 Å². The van der Waals surface area contributed by atoms with Crippen LogP contribution in [0, 0.1) is 0 Å². The zero-order valence-electron chi connectivity index (χ0n) is 18.3. The number of urea groups is 1. The topological polar surface area (TPSA) is 50.8 Å². The highest BCUT2D eigenvalue weighted by molar-refractivity contribution is 7.99. The van der Waals surface area contributed by atoms with Gasteiger partial charge < -0.3 is 19.7 Å². The van der Waals surface area contributed by atoms with E-state index in [2.05, 4.69) is 5.32 Å². The lowest BCUT2D eigenvalue weighted by Crippen LogP contribution is -2.34. The van der Waals surface area contributed by atoms with Gasteiger partial charge in [0, 0.05) is 18.0 Å². The minimum Gasteiger partial charge on any atom is -0.493 e. The normalized spacial score (nSPS) is 15.8. The standard InChI is InChI=1S/C25H23F3N2O3S/c1-32-22-15-18(7-12-21(22)33-16-17-5-3-2-4-6-17)23-30(13-14-34-23)24(31)29-20-10-8-19(9-11-20)25(26,27)28/h2-12,15,23H,13-14,16H2,1H3,(H,29,31)/t23-/m1/s1. The Morgan fingerprint density at radius 2 is 1.79 bits per heavy atom. The summed E-state index contributed by atoms with van der Waals surface area (Å²) in [6.45, 7) is 0.909. The second-order valence-corrected chi connectivity index (χ2v) is 8.79. The van der Waals surface area contributed by atoms with E-state index >= 15 is 0 Å². The number of anilines is 1. The number of hydrogen-bond donors (Lipinski definition) is 1. The molecular weight excluding hydrogens is 465 g/mol. The van der Waals surface area contributed by atoms with Gasteiger partial charge in [-0.2, -0.15) is 13.2 Å². The molecule has 9 heteroatoms. The lowest BCUT2D eigenvalue weighted by Gasteiger charge is -2.25. The van der Waals surface area contributed by atoms with Crippen LogP contribution in [0.4, 0.5) is 23.7 Å². The number of rotatable bonds is 6. The van der Waals surface area contributed by atoms with Crippen LogP contribution in [0.1, 0.15) is 22.1 Å². The largest absolute Gasteiger partial charge is 0.493 e. The van der Waals surface area contributed by atoms with Crippen LogP contribution in [0.5, 0.6) is 11.5 Å². The summed E-state index contributed by atoms with van der Waals surface area (Å²) in [7, 11) is 1.56. The Labute approximate surface area is 199 Å². The van der Waals surface area contributed by atoms with Crippen LogP contribution in [-0.4, -0.2) is 30.3 Å². The average Bonchev–Trinajstić information content (AvgIpc) is 3.33. The highest BCUT2D eigenvalue weighted by Gasteiger charge is 2.32. The minimum atomic E-state index is -4.42. The average molecular weight is 489 g/mol. The number of halogens is 3. The Morgan fingerprint density at radius 1 is 1.06 bits per heavy atom. The Balaban J connectivity index is 1.45. The SMILES string of the molecule is COc1cc([C@H]2SCCN2C(=O)Nc2ccc(C(F)(F)F)cc2)ccc1OCc1ccccc1. The number of carbonyl (C=O) groups excluding carboxylic acids is 1. The van der Waals surface area contributed by atoms with Gasteiger partial charge in [-0.25, -0.2) is 4.79 Å². The van der Waals surface area contributed by atoms with Gasteiger partial charge in [-0.15, -0.1) is 11.8 Å². The van der Waals surface area contributed by atoms with E-state index in [1.54, 1.807) is 23.8 Å². The molecule has 3 aromatic carbocycles. The fourth-order valence-electron chi connectivity index (χ4n) is 3.58. The predicted molar refractivity (Wildman–Crippen MR) is 126 cm³/mol. The maximum absolute atomic E-state index is 12.9. The molecule has 0 radical (unpaired) electrons. The summed E-state index contributed by atoms with van der Waals surface area (Å²) in [5, 5.41) is 2.43. The highest BCUT2D eigenvalue weighted by Crippen LogP contribution is 2.41. The molecule has 1 fully saturated rings. The van der Waals surface area contributed by atoms with E-state index in [1.165, 1.54) is 12.1 Å². The maximum Gasteiger partial charge on any atom is 0.416 e. The second-order valence-electron chi connectivity index (χ2n) is 7.61. The number of methoxy groups -OCH3 is 1. The van der Waals surface area contributed by atoms with Crippen molar-refractivity contribution in [3.8, 4) is 11.5 Å². The van der Waals surface area contributed by atoms with Crippen LogP contribution in [0.2, 0.25) is 0 Å². The van der Waals surface area contributed by atoms with Crippen LogP contribution in [0.3, 0.4) is 0 Å². The summed E-state index contributed by atoms with van der Waals surface area (Å²) in [5.41, 5.74) is 1.44. The third-order valence-corrected chi connectivity index (χ3v) is 6.59. The van der Waals surface area contributed by atoms with E-state index in [0.717, 1.165) is 29.0 Å². The first-order chi connectivity index (χ1) is 16.3. The summed E-state index contributed by atoms with van der Waals surface area (Å²) < 4.78 is 49.8. The first-order valence-electron chi connectivity index (χ1n) is 10.6. The number of benzene rings is 3. The number of carbonyl (C=O) groups is 1. The molecule has 0 aliphatic carbocycles. The smallest absolute Gasteiger partial charge is 0.416 e. The van der Waals surface area contributed by atoms with Crippen molar-refractivity contribution >= 4 is 23.5 Å². The van der Waals surface area contributed by atoms with Crippen molar-refractivity contribution in [3.05, 3.63) is 89.5 Å². The van der Waals surface area contributed by atoms with E-state index in [9.17, 15) is 18.0 Å². The quantitative estimate of drug-likeness (QED) is 0.426. The number of nitrogens with one attached hydrogen (secondary N) is 1. The van der Waals surface area contributed by atoms with E-state index in [-0.39, 0.29) is 11.4 Å². The molecule has 0 unspecified atom stereocenters. The van der Waals surface area contributed by atoms with Crippen molar-refractivity contribution in [1.29, 1.82) is 0 Å². The van der Waals surface area contributed by atoms with Gasteiger partial charge in [0.1, 0.15) is 12.0 Å². The Morgan fingerprint density at radius 3 is 2.47 bits per heavy atom. The third-order valence-electron chi connectivity index (χ3n) is 5.33. The molecule has 0 aromatic heterocycles. The summed E-state index contributed by atoms with van der Waals surface area (Å²) >= 11 is 1.60. The van der Waals surface area contributed by atoms with Crippen molar-refractivity contribution in [2.24, 2.45) is 0 Å². The van der Waals surface area contributed by atoms with Gasteiger partial charge in [0.2, 0.25) is 0 Å². The van der Waals surface area contributed by atoms with Gasteiger partial charge in [-0.1, -0.05) is 36.4 Å². The predicted octanol–water partition coefficient (Wildman–Crippen LogP) is 6.57.